The van der Waals surface area contributed by atoms with E-state index in [1.165, 1.54) is 23.8 Å². The van der Waals surface area contributed by atoms with Crippen molar-refractivity contribution in [1.82, 2.24) is 19.6 Å². The number of rotatable bonds is 8. The van der Waals surface area contributed by atoms with Gasteiger partial charge in [0.1, 0.15) is 30.8 Å². The summed E-state index contributed by atoms with van der Waals surface area (Å²) in [5.41, 5.74) is 5.70. The SMILES string of the molecule is CO/N=C(\C(=O)N[C@@H]1C(=O)N2C(C(=O)O)=C(/C=C/C[N+](C)(C)N)CS[C@H]12)c1nsc(N)n1. The zero-order chi connectivity index (χ0) is 23.6. The quantitative estimate of drug-likeness (QED) is 0.114. The van der Waals surface area contributed by atoms with E-state index >= 15 is 0 Å². The van der Waals surface area contributed by atoms with Gasteiger partial charge in [0.15, 0.2) is 5.13 Å². The Morgan fingerprint density at radius 3 is 2.75 bits per heavy atom. The fraction of sp³-hybridized carbons (Fsp3) is 0.412. The molecule has 6 N–H and O–H groups in total. The average molecular weight is 484 g/mol. The van der Waals surface area contributed by atoms with Gasteiger partial charge in [-0.3, -0.25) is 14.5 Å². The molecule has 2 aliphatic rings. The molecule has 1 aromatic rings. The van der Waals surface area contributed by atoms with Crippen LogP contribution in [0.25, 0.3) is 0 Å². The lowest BCUT2D eigenvalue weighted by Crippen LogP contribution is -2.71. The van der Waals surface area contributed by atoms with Crippen LogP contribution in [0.5, 0.6) is 0 Å². The van der Waals surface area contributed by atoms with Crippen molar-refractivity contribution in [3.8, 4) is 0 Å². The maximum atomic E-state index is 12.8. The van der Waals surface area contributed by atoms with Gasteiger partial charge in [0, 0.05) is 17.3 Å². The summed E-state index contributed by atoms with van der Waals surface area (Å²) >= 11 is 2.22. The molecule has 1 saturated heterocycles. The van der Waals surface area contributed by atoms with Gasteiger partial charge in [-0.2, -0.15) is 15.2 Å². The summed E-state index contributed by atoms with van der Waals surface area (Å²) in [5, 5.41) is 15.5. The summed E-state index contributed by atoms with van der Waals surface area (Å²) in [6, 6.07) is -0.940. The van der Waals surface area contributed by atoms with E-state index in [-0.39, 0.29) is 27.0 Å². The number of quaternary nitrogens is 1. The number of nitrogens with two attached hydrogens (primary N) is 2. The van der Waals surface area contributed by atoms with Gasteiger partial charge >= 0.3 is 5.97 Å². The number of aliphatic carboxylic acids is 1. The first kappa shape index (κ1) is 23.6. The fourth-order valence-electron chi connectivity index (χ4n) is 3.05. The number of thioether (sulfide) groups is 1. The van der Waals surface area contributed by atoms with Crippen molar-refractivity contribution in [2.45, 2.75) is 11.4 Å². The highest BCUT2D eigenvalue weighted by atomic mass is 32.2. The predicted octanol–water partition coefficient (Wildman–Crippen LogP) is -1.28. The van der Waals surface area contributed by atoms with Gasteiger partial charge < -0.3 is 21.0 Å². The van der Waals surface area contributed by atoms with Crippen molar-refractivity contribution in [3.63, 3.8) is 0 Å². The van der Waals surface area contributed by atoms with E-state index < -0.39 is 29.2 Å². The largest absolute Gasteiger partial charge is 0.477 e. The standard InChI is InChI=1S/C17H22N8O5S2/c1-25(2,19)6-4-5-8-7-31-15-10(14(27)24(15)11(8)16(28)29)20-13(26)9(22-30-3)12-21-17(18)32-23-12/h4-5,10,15H,6-7,19H2,1-3H3,(H3-,18,20,21,23,26,28,29)/p+1/b5-4+,22-9-/t10-,15-/m1/s1. The van der Waals surface area contributed by atoms with E-state index in [0.29, 0.717) is 17.9 Å². The van der Waals surface area contributed by atoms with Crippen molar-refractivity contribution in [2.24, 2.45) is 11.0 Å². The molecule has 32 heavy (non-hydrogen) atoms. The van der Waals surface area contributed by atoms with Gasteiger partial charge in [-0.25, -0.2) is 9.39 Å². The average Bonchev–Trinajstić information content (AvgIpc) is 3.14. The van der Waals surface area contributed by atoms with Crippen LogP contribution in [0.3, 0.4) is 0 Å². The van der Waals surface area contributed by atoms with Crippen LogP contribution in [0.4, 0.5) is 5.13 Å². The number of carboxylic acids is 1. The number of carbonyl (C=O) groups excluding carboxylic acids is 2. The van der Waals surface area contributed by atoms with Crippen molar-refractivity contribution < 1.29 is 28.9 Å². The smallest absolute Gasteiger partial charge is 0.352 e. The number of carbonyl (C=O) groups is 3. The number of anilines is 1. The third-order valence-corrected chi connectivity index (χ3v) is 6.28. The number of aromatic nitrogens is 2. The summed E-state index contributed by atoms with van der Waals surface area (Å²) in [7, 11) is 4.84. The Balaban J connectivity index is 1.78. The lowest BCUT2D eigenvalue weighted by molar-refractivity contribution is -0.896. The molecule has 2 amide bonds. The van der Waals surface area contributed by atoms with Crippen LogP contribution in [-0.4, -0.2) is 92.4 Å². The Morgan fingerprint density at radius 1 is 1.47 bits per heavy atom. The Bertz CT molecular complexity index is 1030. The second-order valence-corrected chi connectivity index (χ2v) is 9.37. The fourth-order valence-corrected chi connectivity index (χ4v) is 4.81. The van der Waals surface area contributed by atoms with E-state index in [2.05, 4.69) is 24.7 Å². The summed E-state index contributed by atoms with van der Waals surface area (Å²) in [6.07, 6.45) is 3.43. The minimum absolute atomic E-state index is 0.0356. The number of oxime groups is 1. The van der Waals surface area contributed by atoms with E-state index in [1.807, 2.05) is 0 Å². The normalized spacial score (nSPS) is 21.4. The molecular weight excluding hydrogens is 460 g/mol. The zero-order valence-electron chi connectivity index (χ0n) is 17.5. The van der Waals surface area contributed by atoms with Gasteiger partial charge in [0.2, 0.25) is 11.5 Å². The molecule has 0 aromatic carbocycles. The van der Waals surface area contributed by atoms with Gasteiger partial charge in [0.05, 0.1) is 14.1 Å². The first-order chi connectivity index (χ1) is 15.0. The van der Waals surface area contributed by atoms with Crippen molar-refractivity contribution in [1.29, 1.82) is 0 Å². The molecule has 13 nitrogen and oxygen atoms in total. The van der Waals surface area contributed by atoms with Crippen molar-refractivity contribution in [2.75, 3.05) is 39.2 Å². The number of hydrogen-bond acceptors (Lipinski definition) is 11. The molecule has 15 heteroatoms. The first-order valence-electron chi connectivity index (χ1n) is 9.24. The number of β-lactam (4-membered cyclic amide) rings is 1. The highest BCUT2D eigenvalue weighted by Crippen LogP contribution is 2.40. The third kappa shape index (κ3) is 4.90. The molecule has 172 valence electrons. The Labute approximate surface area is 191 Å². The number of nitrogen functional groups attached to an aromatic ring is 1. The highest BCUT2D eigenvalue weighted by molar-refractivity contribution is 8.00. The van der Waals surface area contributed by atoms with Crippen LogP contribution >= 0.6 is 23.3 Å². The Kier molecular flexibility index (Phi) is 6.82. The van der Waals surface area contributed by atoms with Gasteiger partial charge in [-0.1, -0.05) is 11.2 Å². The molecule has 0 radical (unpaired) electrons. The molecular formula is C17H23N8O5S2+. The predicted molar refractivity (Wildman–Crippen MR) is 118 cm³/mol. The summed E-state index contributed by atoms with van der Waals surface area (Å²) < 4.78 is 4.11. The number of likely N-dealkylation sites (N-methyl/N-ethyl adjacent to an activating group) is 1. The summed E-state index contributed by atoms with van der Waals surface area (Å²) in [4.78, 5) is 47.2. The summed E-state index contributed by atoms with van der Waals surface area (Å²) in [6.45, 7) is 0.480. The number of carboxylic acid groups (broad SMARTS) is 1. The second kappa shape index (κ2) is 9.23. The second-order valence-electron chi connectivity index (χ2n) is 7.48. The number of nitrogens with one attached hydrogen (secondary N) is 1. The van der Waals surface area contributed by atoms with Crippen LogP contribution in [0.2, 0.25) is 0 Å². The molecule has 2 aliphatic heterocycles. The van der Waals surface area contributed by atoms with E-state index in [1.54, 1.807) is 26.2 Å². The van der Waals surface area contributed by atoms with Crippen LogP contribution in [0.15, 0.2) is 28.6 Å². The van der Waals surface area contributed by atoms with Crippen LogP contribution < -0.4 is 16.9 Å². The van der Waals surface area contributed by atoms with Crippen LogP contribution in [0.1, 0.15) is 5.82 Å². The minimum Gasteiger partial charge on any atom is -0.477 e. The molecule has 0 spiro atoms. The molecule has 2 atom stereocenters. The Morgan fingerprint density at radius 2 is 2.19 bits per heavy atom. The minimum atomic E-state index is -1.22. The highest BCUT2D eigenvalue weighted by Gasteiger charge is 2.54. The maximum Gasteiger partial charge on any atom is 0.352 e. The number of fused-ring (bicyclic) bond motifs is 1. The van der Waals surface area contributed by atoms with Gasteiger partial charge in [-0.05, 0) is 11.6 Å². The van der Waals surface area contributed by atoms with E-state index in [4.69, 9.17) is 11.6 Å². The van der Waals surface area contributed by atoms with Crippen LogP contribution in [0, 0.1) is 0 Å². The Hall–Kier alpha value is -3.01. The lowest BCUT2D eigenvalue weighted by Gasteiger charge is -2.49. The molecule has 0 unspecified atom stereocenters. The number of amides is 2. The molecule has 3 rings (SSSR count). The topological polar surface area (TPSA) is 186 Å². The number of hydrogen-bond donors (Lipinski definition) is 4. The monoisotopic (exact) mass is 483 g/mol. The molecule has 0 bridgehead atoms. The third-order valence-electron chi connectivity index (χ3n) is 4.43. The van der Waals surface area contributed by atoms with Gasteiger partial charge in [0.25, 0.3) is 11.8 Å². The molecule has 0 saturated carbocycles. The van der Waals surface area contributed by atoms with E-state index in [9.17, 15) is 19.5 Å². The summed E-state index contributed by atoms with van der Waals surface area (Å²) in [5.74, 6) is 3.70. The molecule has 3 heterocycles. The molecule has 1 aromatic heterocycles. The first-order valence-corrected chi connectivity index (χ1v) is 11.1. The molecule has 0 aliphatic carbocycles. The number of nitrogens with zero attached hydrogens (tertiary/aromatic N) is 5. The van der Waals surface area contributed by atoms with E-state index in [0.717, 1.165) is 11.5 Å². The number of allylic oxidation sites excluding steroid dienone is 1. The maximum absolute atomic E-state index is 12.8. The molecule has 1 fully saturated rings. The lowest BCUT2D eigenvalue weighted by atomic mass is 10.0. The van der Waals surface area contributed by atoms with Gasteiger partial charge in [-0.15, -0.1) is 11.8 Å². The zero-order valence-corrected chi connectivity index (χ0v) is 19.1. The van der Waals surface area contributed by atoms with Crippen molar-refractivity contribution in [3.05, 3.63) is 29.2 Å². The van der Waals surface area contributed by atoms with Crippen LogP contribution in [-0.2, 0) is 19.2 Å². The van der Waals surface area contributed by atoms with Crippen molar-refractivity contribution >= 4 is 51.9 Å².